The molecule has 0 saturated carbocycles. The molecule has 0 bridgehead atoms. The maximum Gasteiger partial charge on any atom is 0.163 e. The normalized spacial score (nSPS) is 12.9. The van der Waals surface area contributed by atoms with Gasteiger partial charge in [0.1, 0.15) is 6.10 Å². The van der Waals surface area contributed by atoms with Crippen molar-refractivity contribution in [2.45, 2.75) is 13.0 Å². The van der Waals surface area contributed by atoms with E-state index in [1.165, 1.54) is 18.3 Å². The van der Waals surface area contributed by atoms with Crippen LogP contribution in [0.2, 0.25) is 0 Å². The highest BCUT2D eigenvalue weighted by Crippen LogP contribution is 2.22. The topological polar surface area (TPSA) is 26.3 Å². The Morgan fingerprint density at radius 2 is 2.45 bits per heavy atom. The summed E-state index contributed by atoms with van der Waals surface area (Å²) in [5.41, 5.74) is 0. The molecule has 60 valence electrons. The fourth-order valence-electron chi connectivity index (χ4n) is 0.923. The second-order valence-electron chi connectivity index (χ2n) is 2.24. The van der Waals surface area contributed by atoms with Crippen molar-refractivity contribution in [1.29, 1.82) is 0 Å². The summed E-state index contributed by atoms with van der Waals surface area (Å²) >= 11 is 1.54. The van der Waals surface area contributed by atoms with Gasteiger partial charge in [-0.25, -0.2) is 0 Å². The maximum atomic E-state index is 11.0. The summed E-state index contributed by atoms with van der Waals surface area (Å²) in [6.45, 7) is 1.54. The number of hydrogen-bond acceptors (Lipinski definition) is 3. The van der Waals surface area contributed by atoms with Gasteiger partial charge in [0.2, 0.25) is 0 Å². The minimum absolute atomic E-state index is 0.0509. The van der Waals surface area contributed by atoms with Crippen LogP contribution in [0, 0.1) is 0 Å². The SMILES string of the molecule is COC(C(C)=O)c1cccs1. The van der Waals surface area contributed by atoms with Crippen LogP contribution >= 0.6 is 11.3 Å². The first kappa shape index (κ1) is 8.43. The first-order valence-corrected chi connectivity index (χ1v) is 4.20. The van der Waals surface area contributed by atoms with Crippen LogP contribution in [0.25, 0.3) is 0 Å². The van der Waals surface area contributed by atoms with Gasteiger partial charge in [-0.3, -0.25) is 4.79 Å². The van der Waals surface area contributed by atoms with E-state index in [4.69, 9.17) is 4.74 Å². The van der Waals surface area contributed by atoms with Gasteiger partial charge in [-0.05, 0) is 18.4 Å². The number of ether oxygens (including phenoxy) is 1. The van der Waals surface area contributed by atoms with E-state index in [0.717, 1.165) is 4.88 Å². The maximum absolute atomic E-state index is 11.0. The molecule has 2 nitrogen and oxygen atoms in total. The van der Waals surface area contributed by atoms with Crippen molar-refractivity contribution >= 4 is 17.1 Å². The molecular weight excluding hydrogens is 160 g/mol. The molecule has 0 fully saturated rings. The van der Waals surface area contributed by atoms with Crippen LogP contribution in [-0.2, 0) is 9.53 Å². The van der Waals surface area contributed by atoms with E-state index in [9.17, 15) is 4.79 Å². The minimum atomic E-state index is -0.366. The number of Topliss-reactive ketones (excluding diaryl/α,β-unsaturated/α-hetero) is 1. The number of methoxy groups -OCH3 is 1. The number of carbonyl (C=O) groups is 1. The average Bonchev–Trinajstić information content (AvgIpc) is 2.40. The van der Waals surface area contributed by atoms with E-state index in [1.54, 1.807) is 7.11 Å². The van der Waals surface area contributed by atoms with Crippen molar-refractivity contribution < 1.29 is 9.53 Å². The second-order valence-corrected chi connectivity index (χ2v) is 3.22. The smallest absolute Gasteiger partial charge is 0.163 e. The molecule has 0 spiro atoms. The highest BCUT2D eigenvalue weighted by Gasteiger charge is 2.15. The van der Waals surface area contributed by atoms with Crippen LogP contribution < -0.4 is 0 Å². The molecule has 1 aromatic rings. The van der Waals surface area contributed by atoms with Crippen molar-refractivity contribution in [2.75, 3.05) is 7.11 Å². The van der Waals surface area contributed by atoms with Crippen LogP contribution in [0.1, 0.15) is 17.9 Å². The largest absolute Gasteiger partial charge is 0.368 e. The van der Waals surface area contributed by atoms with Crippen molar-refractivity contribution in [1.82, 2.24) is 0 Å². The number of carbonyl (C=O) groups excluding carboxylic acids is 1. The van der Waals surface area contributed by atoms with Crippen molar-refractivity contribution in [3.63, 3.8) is 0 Å². The molecule has 0 saturated heterocycles. The molecule has 0 aliphatic rings. The lowest BCUT2D eigenvalue weighted by molar-refractivity contribution is -0.126. The molecule has 0 amide bonds. The Bertz CT molecular complexity index is 228. The van der Waals surface area contributed by atoms with E-state index in [2.05, 4.69) is 0 Å². The highest BCUT2D eigenvalue weighted by atomic mass is 32.1. The van der Waals surface area contributed by atoms with Crippen LogP contribution in [-0.4, -0.2) is 12.9 Å². The summed E-state index contributed by atoms with van der Waals surface area (Å²) in [6.07, 6.45) is -0.366. The third-order valence-corrected chi connectivity index (χ3v) is 2.32. The Morgan fingerprint density at radius 3 is 2.82 bits per heavy atom. The van der Waals surface area contributed by atoms with Crippen molar-refractivity contribution in [3.05, 3.63) is 22.4 Å². The van der Waals surface area contributed by atoms with E-state index in [1.807, 2.05) is 17.5 Å². The zero-order chi connectivity index (χ0) is 8.27. The third kappa shape index (κ3) is 1.88. The number of hydrogen-bond donors (Lipinski definition) is 0. The molecule has 0 N–H and O–H groups in total. The summed E-state index contributed by atoms with van der Waals surface area (Å²) in [7, 11) is 1.55. The van der Waals surface area contributed by atoms with Crippen molar-refractivity contribution in [2.24, 2.45) is 0 Å². The van der Waals surface area contributed by atoms with Gasteiger partial charge in [0, 0.05) is 12.0 Å². The van der Waals surface area contributed by atoms with E-state index in [0.29, 0.717) is 0 Å². The molecular formula is C8H10O2S. The quantitative estimate of drug-likeness (QED) is 0.693. The highest BCUT2D eigenvalue weighted by molar-refractivity contribution is 7.10. The lowest BCUT2D eigenvalue weighted by atomic mass is 10.2. The third-order valence-electron chi connectivity index (χ3n) is 1.41. The molecule has 1 atom stereocenters. The molecule has 1 heterocycles. The standard InChI is InChI=1S/C8H10O2S/c1-6(9)8(10-2)7-4-3-5-11-7/h3-5,8H,1-2H3. The van der Waals surface area contributed by atoms with Gasteiger partial charge in [0.25, 0.3) is 0 Å². The van der Waals surface area contributed by atoms with E-state index >= 15 is 0 Å². The first-order chi connectivity index (χ1) is 5.25. The average molecular weight is 170 g/mol. The van der Waals surface area contributed by atoms with Crippen molar-refractivity contribution in [3.8, 4) is 0 Å². The molecule has 0 aliphatic carbocycles. The zero-order valence-corrected chi connectivity index (χ0v) is 7.35. The van der Waals surface area contributed by atoms with Gasteiger partial charge >= 0.3 is 0 Å². The monoisotopic (exact) mass is 170 g/mol. The van der Waals surface area contributed by atoms with Crippen LogP contribution in [0.4, 0.5) is 0 Å². The molecule has 1 aromatic heterocycles. The zero-order valence-electron chi connectivity index (χ0n) is 6.53. The molecule has 0 aromatic carbocycles. The lowest BCUT2D eigenvalue weighted by Gasteiger charge is -2.08. The molecule has 11 heavy (non-hydrogen) atoms. The van der Waals surface area contributed by atoms with E-state index < -0.39 is 0 Å². The fraction of sp³-hybridized carbons (Fsp3) is 0.375. The molecule has 0 radical (unpaired) electrons. The van der Waals surface area contributed by atoms with Gasteiger partial charge in [-0.1, -0.05) is 6.07 Å². The number of ketones is 1. The summed E-state index contributed by atoms with van der Waals surface area (Å²) < 4.78 is 5.02. The molecule has 1 unspecified atom stereocenters. The van der Waals surface area contributed by atoms with Crippen LogP contribution in [0.15, 0.2) is 17.5 Å². The second kappa shape index (κ2) is 3.64. The summed E-state index contributed by atoms with van der Waals surface area (Å²) in [5, 5.41) is 1.93. The molecule has 1 rings (SSSR count). The Labute approximate surface area is 69.8 Å². The van der Waals surface area contributed by atoms with Crippen LogP contribution in [0.3, 0.4) is 0 Å². The molecule has 3 heteroatoms. The number of thiophene rings is 1. The van der Waals surface area contributed by atoms with Gasteiger partial charge < -0.3 is 4.74 Å². The first-order valence-electron chi connectivity index (χ1n) is 3.32. The van der Waals surface area contributed by atoms with Gasteiger partial charge in [0.05, 0.1) is 0 Å². The fourth-order valence-corrected chi connectivity index (χ4v) is 1.78. The number of rotatable bonds is 3. The predicted octanol–water partition coefficient (Wildman–Crippen LogP) is 2.02. The Kier molecular flexibility index (Phi) is 2.79. The Hall–Kier alpha value is -0.670. The van der Waals surface area contributed by atoms with Gasteiger partial charge in [-0.15, -0.1) is 11.3 Å². The summed E-state index contributed by atoms with van der Waals surface area (Å²) in [5.74, 6) is 0.0509. The Morgan fingerprint density at radius 1 is 1.73 bits per heavy atom. The van der Waals surface area contributed by atoms with Gasteiger partial charge in [0.15, 0.2) is 5.78 Å². The van der Waals surface area contributed by atoms with Crippen LogP contribution in [0.5, 0.6) is 0 Å². The van der Waals surface area contributed by atoms with E-state index in [-0.39, 0.29) is 11.9 Å². The summed E-state index contributed by atoms with van der Waals surface area (Å²) in [4.78, 5) is 11.9. The molecule has 0 aliphatic heterocycles. The van der Waals surface area contributed by atoms with Gasteiger partial charge in [-0.2, -0.15) is 0 Å². The summed E-state index contributed by atoms with van der Waals surface area (Å²) in [6, 6.07) is 3.81. The lowest BCUT2D eigenvalue weighted by Crippen LogP contribution is -2.08. The predicted molar refractivity (Wildman–Crippen MR) is 44.8 cm³/mol. The Balaban J connectivity index is 2.79. The minimum Gasteiger partial charge on any atom is -0.368 e.